The van der Waals surface area contributed by atoms with Gasteiger partial charge in [-0.15, -0.1) is 10.2 Å². The molecule has 2 aromatic heterocycles. The molecule has 0 spiro atoms. The predicted octanol–water partition coefficient (Wildman–Crippen LogP) is 2.78. The molecule has 0 amide bonds. The average Bonchev–Trinajstić information content (AvgIpc) is 2.72. The van der Waals surface area contributed by atoms with Gasteiger partial charge in [0.1, 0.15) is 0 Å². The number of halogens is 2. The van der Waals surface area contributed by atoms with Crippen molar-refractivity contribution in [2.75, 3.05) is 0 Å². The van der Waals surface area contributed by atoms with Gasteiger partial charge in [-0.05, 0) is 45.2 Å². The molecule has 0 bridgehead atoms. The van der Waals surface area contributed by atoms with E-state index in [0.717, 1.165) is 18.8 Å². The first-order valence-electron chi connectivity index (χ1n) is 4.36. The van der Waals surface area contributed by atoms with Crippen molar-refractivity contribution in [2.24, 2.45) is 24.3 Å². The van der Waals surface area contributed by atoms with Crippen LogP contribution in [0.3, 0.4) is 0 Å². The molecule has 0 atom stereocenters. The minimum atomic E-state index is 0.748. The second kappa shape index (κ2) is 4.77. The van der Waals surface area contributed by atoms with E-state index in [1.165, 1.54) is 0 Å². The van der Waals surface area contributed by atoms with Gasteiger partial charge >= 0.3 is 0 Å². The van der Waals surface area contributed by atoms with Crippen LogP contribution >= 0.6 is 45.2 Å². The van der Waals surface area contributed by atoms with Gasteiger partial charge in [0.2, 0.25) is 0 Å². The third-order valence-corrected chi connectivity index (χ3v) is 3.49. The summed E-state index contributed by atoms with van der Waals surface area (Å²) in [6, 6.07) is 0. The van der Waals surface area contributed by atoms with Crippen LogP contribution < -0.4 is 0 Å². The predicted molar refractivity (Wildman–Crippen MR) is 76.0 cm³/mol. The fourth-order valence-corrected chi connectivity index (χ4v) is 2.29. The van der Waals surface area contributed by atoms with Crippen molar-refractivity contribution >= 4 is 56.8 Å². The number of aromatic nitrogens is 4. The number of nitrogens with zero attached hydrogens (tertiary/aromatic N) is 6. The highest BCUT2D eigenvalue weighted by Gasteiger charge is 2.07. The quantitative estimate of drug-likeness (QED) is 0.531. The lowest BCUT2D eigenvalue weighted by molar-refractivity contribution is 0.748. The molecule has 0 radical (unpaired) electrons. The number of aryl methyl sites for hydroxylation is 2. The van der Waals surface area contributed by atoms with Crippen molar-refractivity contribution < 1.29 is 0 Å². The first-order valence-corrected chi connectivity index (χ1v) is 6.52. The van der Waals surface area contributed by atoms with Crippen LogP contribution in [0, 0.1) is 7.14 Å². The summed E-state index contributed by atoms with van der Waals surface area (Å²) in [7, 11) is 3.68. The lowest BCUT2D eigenvalue weighted by atomic mass is 10.6. The van der Waals surface area contributed by atoms with Gasteiger partial charge in [0.25, 0.3) is 0 Å². The first kappa shape index (κ1) is 12.0. The highest BCUT2D eigenvalue weighted by molar-refractivity contribution is 14.1. The summed E-state index contributed by atoms with van der Waals surface area (Å²) in [6.07, 6.45) is 3.51. The zero-order chi connectivity index (χ0) is 11.7. The van der Waals surface area contributed by atoms with Gasteiger partial charge < -0.3 is 0 Å². The maximum atomic E-state index is 4.18. The monoisotopic (exact) mass is 442 g/mol. The van der Waals surface area contributed by atoms with Crippen molar-refractivity contribution in [3.8, 4) is 0 Å². The highest BCUT2D eigenvalue weighted by atomic mass is 127. The summed E-state index contributed by atoms with van der Waals surface area (Å²) in [5.74, 6) is 1.50. The summed E-state index contributed by atoms with van der Waals surface area (Å²) in [6.45, 7) is 0. The summed E-state index contributed by atoms with van der Waals surface area (Å²) >= 11 is 4.36. The molecule has 6 nitrogen and oxygen atoms in total. The molecule has 2 aromatic rings. The molecular weight excluding hydrogens is 434 g/mol. The summed E-state index contributed by atoms with van der Waals surface area (Å²) in [5, 5.41) is 16.5. The molecule has 2 rings (SSSR count). The van der Waals surface area contributed by atoms with E-state index in [1.807, 2.05) is 14.1 Å². The Morgan fingerprint density at radius 3 is 1.56 bits per heavy atom. The van der Waals surface area contributed by atoms with E-state index in [9.17, 15) is 0 Å². The van der Waals surface area contributed by atoms with Gasteiger partial charge in [-0.2, -0.15) is 10.2 Å². The van der Waals surface area contributed by atoms with Gasteiger partial charge in [0, 0.05) is 14.1 Å². The summed E-state index contributed by atoms with van der Waals surface area (Å²) in [4.78, 5) is 0. The van der Waals surface area contributed by atoms with Crippen molar-refractivity contribution in [2.45, 2.75) is 0 Å². The normalized spacial score (nSPS) is 11.5. The van der Waals surface area contributed by atoms with Crippen molar-refractivity contribution in [3.63, 3.8) is 0 Å². The molecule has 0 aliphatic heterocycles. The summed E-state index contributed by atoms with van der Waals surface area (Å²) in [5.41, 5.74) is 0. The molecule has 2 heterocycles. The van der Waals surface area contributed by atoms with Gasteiger partial charge in [0.05, 0.1) is 19.5 Å². The molecule has 0 fully saturated rings. The molecule has 0 N–H and O–H groups in total. The van der Waals surface area contributed by atoms with Crippen LogP contribution in [0.15, 0.2) is 22.6 Å². The Bertz CT molecular complexity index is 453. The first-order chi connectivity index (χ1) is 7.59. The minimum Gasteiger partial charge on any atom is -0.249 e. The third kappa shape index (κ3) is 2.26. The fraction of sp³-hybridized carbons (Fsp3) is 0.250. The second-order valence-corrected chi connectivity index (χ2v) is 5.40. The zero-order valence-electron chi connectivity index (χ0n) is 8.59. The zero-order valence-corrected chi connectivity index (χ0v) is 12.9. The second-order valence-electron chi connectivity index (χ2n) is 3.08. The number of hydrogen-bond donors (Lipinski definition) is 0. The van der Waals surface area contributed by atoms with Crippen LogP contribution in [-0.2, 0) is 14.1 Å². The number of hydrogen-bond acceptors (Lipinski definition) is 4. The fourth-order valence-electron chi connectivity index (χ4n) is 1.13. The molecule has 0 aliphatic carbocycles. The Morgan fingerprint density at radius 1 is 0.938 bits per heavy atom. The molecule has 84 valence electrons. The SMILES string of the molecule is Cn1ncc(I)c1N=Nc1c(I)cnn1C. The van der Waals surface area contributed by atoms with Crippen LogP contribution in [-0.4, -0.2) is 19.6 Å². The van der Waals surface area contributed by atoms with Crippen molar-refractivity contribution in [1.82, 2.24) is 19.6 Å². The van der Waals surface area contributed by atoms with E-state index >= 15 is 0 Å². The number of rotatable bonds is 2. The third-order valence-electron chi connectivity index (χ3n) is 1.97. The Balaban J connectivity index is 2.35. The van der Waals surface area contributed by atoms with E-state index in [4.69, 9.17) is 0 Å². The standard InChI is InChI=1S/C8H8I2N6/c1-15-7(5(9)3-11-15)13-14-8-6(10)4-12-16(8)2/h3-4H,1-2H3. The van der Waals surface area contributed by atoms with E-state index in [1.54, 1.807) is 21.8 Å². The highest BCUT2D eigenvalue weighted by Crippen LogP contribution is 2.25. The van der Waals surface area contributed by atoms with Gasteiger partial charge in [0.15, 0.2) is 11.6 Å². The van der Waals surface area contributed by atoms with E-state index in [-0.39, 0.29) is 0 Å². The van der Waals surface area contributed by atoms with E-state index in [2.05, 4.69) is 65.6 Å². The molecule has 0 unspecified atom stereocenters. The van der Waals surface area contributed by atoms with Crippen LogP contribution in [0.4, 0.5) is 11.6 Å². The smallest absolute Gasteiger partial charge is 0.186 e. The van der Waals surface area contributed by atoms with E-state index < -0.39 is 0 Å². The Kier molecular flexibility index (Phi) is 3.56. The van der Waals surface area contributed by atoms with E-state index in [0.29, 0.717) is 0 Å². The molecule has 0 saturated heterocycles. The Labute approximate surface area is 119 Å². The Hall–Kier alpha value is -0.520. The van der Waals surface area contributed by atoms with Crippen molar-refractivity contribution in [3.05, 3.63) is 19.5 Å². The maximum absolute atomic E-state index is 4.18. The topological polar surface area (TPSA) is 60.4 Å². The molecule has 8 heteroatoms. The lowest BCUT2D eigenvalue weighted by Crippen LogP contribution is -1.89. The van der Waals surface area contributed by atoms with Crippen LogP contribution in [0.25, 0.3) is 0 Å². The average molecular weight is 442 g/mol. The Morgan fingerprint density at radius 2 is 1.31 bits per heavy atom. The maximum Gasteiger partial charge on any atom is 0.186 e. The van der Waals surface area contributed by atoms with Crippen LogP contribution in [0.5, 0.6) is 0 Å². The number of azo groups is 1. The van der Waals surface area contributed by atoms with Gasteiger partial charge in [-0.25, -0.2) is 9.36 Å². The van der Waals surface area contributed by atoms with Crippen molar-refractivity contribution in [1.29, 1.82) is 0 Å². The minimum absolute atomic E-state index is 0.748. The van der Waals surface area contributed by atoms with Crippen LogP contribution in [0.2, 0.25) is 0 Å². The lowest BCUT2D eigenvalue weighted by Gasteiger charge is -1.95. The summed E-state index contributed by atoms with van der Waals surface area (Å²) < 4.78 is 5.32. The van der Waals surface area contributed by atoms with Gasteiger partial charge in [-0.3, -0.25) is 0 Å². The molecule has 0 saturated carbocycles. The van der Waals surface area contributed by atoms with Crippen LogP contribution in [0.1, 0.15) is 0 Å². The molecule has 0 aromatic carbocycles. The molecular formula is C8H8I2N6. The van der Waals surface area contributed by atoms with Gasteiger partial charge in [-0.1, -0.05) is 0 Å². The largest absolute Gasteiger partial charge is 0.249 e. The molecule has 16 heavy (non-hydrogen) atoms. The molecule has 0 aliphatic rings.